The third kappa shape index (κ3) is 9.01. The van der Waals surface area contributed by atoms with Crippen molar-refractivity contribution in [3.05, 3.63) is 52.8 Å². The lowest BCUT2D eigenvalue weighted by molar-refractivity contribution is -0.159. The maximum absolute atomic E-state index is 14.4. The van der Waals surface area contributed by atoms with E-state index in [9.17, 15) is 45.0 Å². The number of carbonyl (C=O) groups is 3. The second-order valence-corrected chi connectivity index (χ2v) is 17.6. The molecule has 1 aliphatic carbocycles. The van der Waals surface area contributed by atoms with E-state index in [1.807, 2.05) is 5.01 Å². The molecule has 7 rings (SSSR count). The lowest BCUT2D eigenvalue weighted by atomic mass is 9.78. The molecule has 0 spiro atoms. The summed E-state index contributed by atoms with van der Waals surface area (Å²) in [4.78, 5) is 43.0. The molecule has 16 heteroatoms. The van der Waals surface area contributed by atoms with Gasteiger partial charge in [0.1, 0.15) is 23.4 Å². The Morgan fingerprint density at radius 1 is 0.903 bits per heavy atom. The number of aliphatic hydroxyl groups excluding tert-OH is 3. The summed E-state index contributed by atoms with van der Waals surface area (Å²) in [5.41, 5.74) is -0.402. The Morgan fingerprint density at radius 3 is 2.21 bits per heavy atom. The molecule has 5 aliphatic rings. The first-order chi connectivity index (χ1) is 29.3. The van der Waals surface area contributed by atoms with Gasteiger partial charge in [-0.15, -0.1) is 0 Å². The van der Waals surface area contributed by atoms with Gasteiger partial charge in [-0.1, -0.05) is 58.8 Å². The fourth-order valence-corrected chi connectivity index (χ4v) is 9.19. The number of hydrazone groups is 1. The molecule has 1 unspecified atom stereocenters. The summed E-state index contributed by atoms with van der Waals surface area (Å²) in [5, 5.41) is 78.4. The van der Waals surface area contributed by atoms with E-state index in [2.05, 4.69) is 15.3 Å². The minimum atomic E-state index is -2.10. The minimum Gasteiger partial charge on any atom is -0.507 e. The molecular formula is C46H62N4O12. The highest BCUT2D eigenvalue weighted by atomic mass is 16.7. The molecule has 9 atom stereocenters. The monoisotopic (exact) mass is 862 g/mol. The molecule has 0 aromatic heterocycles. The SMILES string of the molecule is CC(=O)O[C@H]1[C@H](C)[C@H](O)[C@H](C)[C@@H](O)[C@@H](C)/C=C/C=C(/C)C(=O)Nc2c(/C=N/N3CCN(C4CCCC4)CC3)c(O)c3c4c(c(C)c(O)c3c2O)O[C@](C)(O/C=C/C(O)[C@H]1C)C4=O. The van der Waals surface area contributed by atoms with Crippen molar-refractivity contribution in [3.63, 3.8) is 0 Å². The van der Waals surface area contributed by atoms with Crippen molar-refractivity contribution in [2.75, 3.05) is 31.5 Å². The lowest BCUT2D eigenvalue weighted by Gasteiger charge is -2.37. The molecule has 2 aromatic rings. The summed E-state index contributed by atoms with van der Waals surface area (Å²) in [6.45, 7) is 14.9. The average Bonchev–Trinajstić information content (AvgIpc) is 3.88. The predicted octanol–water partition coefficient (Wildman–Crippen LogP) is 4.99. The van der Waals surface area contributed by atoms with Crippen LogP contribution >= 0.6 is 0 Å². The van der Waals surface area contributed by atoms with Crippen molar-refractivity contribution in [2.24, 2.45) is 28.8 Å². The number of aliphatic hydroxyl groups is 3. The number of benzene rings is 2. The van der Waals surface area contributed by atoms with Crippen molar-refractivity contribution >= 4 is 40.3 Å². The maximum atomic E-state index is 14.4. The number of piperazine rings is 1. The second kappa shape index (κ2) is 18.7. The Bertz CT molecular complexity index is 2170. The number of ether oxygens (including phenoxy) is 3. The highest BCUT2D eigenvalue weighted by molar-refractivity contribution is 6.23. The summed E-state index contributed by atoms with van der Waals surface area (Å²) in [7, 11) is 0. The van der Waals surface area contributed by atoms with E-state index in [-0.39, 0.29) is 44.5 Å². The standard InChI is InChI=1S/C46H62N4O12/c1-23-12-11-13-24(2)45(59)48-36-31(22-47-50-19-17-49(18-20-50)30-14-9-10-15-30)40(56)33-34(41(36)57)39(55)28(6)43-35(33)44(58)46(8,62-43)60-21-16-32(52)25(3)42(61-29(7)51)27(5)38(54)26(4)37(23)53/h11-13,16,21-23,25-27,30,32,37-38,42,52-57H,9-10,14-15,17-20H2,1-8H3,(H,48,59)/b12-11+,21-16+,24-13-,47-22+/t23-,25+,26+,27+,32?,37-,38+,42+,46-/m0/s1. The molecule has 338 valence electrons. The van der Waals surface area contributed by atoms with E-state index in [1.165, 1.54) is 71.7 Å². The Kier molecular flexibility index (Phi) is 14.0. The number of Topliss-reactive ketones (excluding diaryl/α,β-unsaturated/α-hetero) is 1. The van der Waals surface area contributed by atoms with Crippen LogP contribution in [0.4, 0.5) is 5.69 Å². The number of anilines is 1. The van der Waals surface area contributed by atoms with Gasteiger partial charge in [0.05, 0.1) is 53.0 Å². The van der Waals surface area contributed by atoms with E-state index >= 15 is 0 Å². The number of rotatable bonds is 4. The molecule has 2 fully saturated rings. The van der Waals surface area contributed by atoms with Gasteiger partial charge in [-0.3, -0.25) is 24.3 Å². The average molecular weight is 863 g/mol. The van der Waals surface area contributed by atoms with Crippen LogP contribution in [0.15, 0.2) is 41.2 Å². The molecule has 1 amide bonds. The number of nitrogens with zero attached hydrogens (tertiary/aromatic N) is 3. The second-order valence-electron chi connectivity index (χ2n) is 17.6. The van der Waals surface area contributed by atoms with E-state index in [4.69, 9.17) is 14.2 Å². The zero-order valence-electron chi connectivity index (χ0n) is 36.8. The number of hydrogen-bond donors (Lipinski definition) is 7. The number of nitrogens with one attached hydrogen (secondary N) is 1. The van der Waals surface area contributed by atoms with Crippen LogP contribution in [0.2, 0.25) is 0 Å². The number of esters is 1. The van der Waals surface area contributed by atoms with Gasteiger partial charge in [-0.05, 0) is 32.8 Å². The van der Waals surface area contributed by atoms with Crippen LogP contribution in [-0.4, -0.2) is 127 Å². The molecule has 5 bridgehead atoms. The van der Waals surface area contributed by atoms with Crippen LogP contribution in [0, 0.1) is 30.6 Å². The largest absolute Gasteiger partial charge is 0.507 e. The smallest absolute Gasteiger partial charge is 0.312 e. The van der Waals surface area contributed by atoms with Crippen LogP contribution in [0.3, 0.4) is 0 Å². The number of allylic oxidation sites excluding steroid dienone is 2. The Morgan fingerprint density at radius 2 is 1.56 bits per heavy atom. The van der Waals surface area contributed by atoms with Gasteiger partial charge in [0.25, 0.3) is 11.7 Å². The van der Waals surface area contributed by atoms with Crippen molar-refractivity contribution in [1.29, 1.82) is 0 Å². The fraction of sp³-hybridized carbons (Fsp3) is 0.565. The van der Waals surface area contributed by atoms with E-state index in [1.54, 1.807) is 39.8 Å². The highest BCUT2D eigenvalue weighted by Gasteiger charge is 2.50. The molecule has 16 nitrogen and oxygen atoms in total. The molecule has 4 heterocycles. The summed E-state index contributed by atoms with van der Waals surface area (Å²) >= 11 is 0. The zero-order chi connectivity index (χ0) is 45.4. The number of hydrogen-bond acceptors (Lipinski definition) is 15. The number of fused-ring (bicyclic) bond motifs is 14. The van der Waals surface area contributed by atoms with Crippen molar-refractivity contribution in [1.82, 2.24) is 9.91 Å². The zero-order valence-corrected chi connectivity index (χ0v) is 36.8. The van der Waals surface area contributed by atoms with Gasteiger partial charge >= 0.3 is 11.8 Å². The van der Waals surface area contributed by atoms with Crippen LogP contribution in [-0.2, 0) is 19.1 Å². The molecule has 0 radical (unpaired) electrons. The van der Waals surface area contributed by atoms with Crippen molar-refractivity contribution in [2.45, 2.75) is 117 Å². The Hall–Kier alpha value is -5.16. The number of carbonyl (C=O) groups excluding carboxylic acids is 3. The maximum Gasteiger partial charge on any atom is 0.312 e. The number of phenols is 3. The predicted molar refractivity (Wildman–Crippen MR) is 232 cm³/mol. The molecule has 1 saturated carbocycles. The van der Waals surface area contributed by atoms with Gasteiger partial charge in [0.2, 0.25) is 0 Å². The quantitative estimate of drug-likeness (QED) is 0.0930. The van der Waals surface area contributed by atoms with Crippen molar-refractivity contribution < 1.29 is 59.2 Å². The number of phenolic OH excluding ortho intramolecular Hbond substituents is 3. The van der Waals surface area contributed by atoms with E-state index in [0.29, 0.717) is 19.1 Å². The van der Waals surface area contributed by atoms with Gasteiger partial charge in [0, 0.05) is 86.3 Å². The third-order valence-corrected chi connectivity index (χ3v) is 13.3. The molecular weight excluding hydrogens is 801 g/mol. The van der Waals surface area contributed by atoms with Crippen LogP contribution < -0.4 is 10.1 Å². The topological polar surface area (TPSA) is 231 Å². The molecule has 2 aromatic carbocycles. The van der Waals surface area contributed by atoms with E-state index in [0.717, 1.165) is 19.4 Å². The molecule has 1 saturated heterocycles. The first kappa shape index (κ1) is 46.3. The van der Waals surface area contributed by atoms with Gasteiger partial charge < -0.3 is 50.2 Å². The van der Waals surface area contributed by atoms with Gasteiger partial charge in [0.15, 0.2) is 5.75 Å². The van der Waals surface area contributed by atoms with Crippen molar-refractivity contribution in [3.8, 4) is 23.0 Å². The Labute approximate surface area is 362 Å². The van der Waals surface area contributed by atoms with Crippen LogP contribution in [0.25, 0.3) is 10.8 Å². The molecule has 7 N–H and O–H groups in total. The first-order valence-corrected chi connectivity index (χ1v) is 21.5. The minimum absolute atomic E-state index is 0.0355. The summed E-state index contributed by atoms with van der Waals surface area (Å²) in [6.07, 6.45) is 8.45. The summed E-state index contributed by atoms with van der Waals surface area (Å²) in [6, 6.07) is 0.548. The molecule has 4 aliphatic heterocycles. The normalized spacial score (nSPS) is 32.7. The lowest BCUT2D eigenvalue weighted by Crippen LogP contribution is -2.47. The summed E-state index contributed by atoms with van der Waals surface area (Å²) < 4.78 is 17.6. The highest BCUT2D eigenvalue weighted by Crippen LogP contribution is 2.55. The fourth-order valence-electron chi connectivity index (χ4n) is 9.19. The molecule has 62 heavy (non-hydrogen) atoms. The Balaban J connectivity index is 1.46. The summed E-state index contributed by atoms with van der Waals surface area (Å²) in [5.74, 6) is -8.93. The first-order valence-electron chi connectivity index (χ1n) is 21.5. The van der Waals surface area contributed by atoms with Crippen LogP contribution in [0.5, 0.6) is 23.0 Å². The van der Waals surface area contributed by atoms with Gasteiger partial charge in [-0.2, -0.15) is 5.10 Å². The number of aromatic hydroxyl groups is 3. The van der Waals surface area contributed by atoms with E-state index < -0.39 is 88.8 Å². The van der Waals surface area contributed by atoms with Crippen LogP contribution in [0.1, 0.15) is 95.6 Å². The third-order valence-electron chi connectivity index (χ3n) is 13.3. The number of ketones is 1. The van der Waals surface area contributed by atoms with Gasteiger partial charge in [-0.25, -0.2) is 0 Å². The number of amides is 1.